The van der Waals surface area contributed by atoms with Crippen LogP contribution in [0.1, 0.15) is 35.4 Å². The number of rotatable bonds is 2. The number of carbonyl (C=O) groups is 1. The fourth-order valence-corrected chi connectivity index (χ4v) is 4.39. The van der Waals surface area contributed by atoms with Gasteiger partial charge >= 0.3 is 0 Å². The third-order valence-corrected chi connectivity index (χ3v) is 5.47. The Morgan fingerprint density at radius 1 is 1.38 bits per heavy atom. The normalized spacial score (nSPS) is 31.9. The van der Waals surface area contributed by atoms with Crippen LogP contribution >= 0.6 is 27.3 Å². The van der Waals surface area contributed by atoms with Crippen molar-refractivity contribution in [3.8, 4) is 0 Å². The van der Waals surface area contributed by atoms with E-state index in [2.05, 4.69) is 21.2 Å². The molecule has 16 heavy (non-hydrogen) atoms. The van der Waals surface area contributed by atoms with Gasteiger partial charge in [0.05, 0.1) is 8.66 Å². The predicted octanol–water partition coefficient (Wildman–Crippen LogP) is 3.43. The molecule has 86 valence electrons. The Balaban J connectivity index is 1.65. The highest BCUT2D eigenvalue weighted by molar-refractivity contribution is 9.11. The molecule has 3 rings (SSSR count). The molecule has 1 aromatic heterocycles. The van der Waals surface area contributed by atoms with Gasteiger partial charge in [0.1, 0.15) is 0 Å². The molecular weight excluding hydrogens is 286 g/mol. The Hall–Kier alpha value is -0.350. The molecule has 0 aliphatic heterocycles. The van der Waals surface area contributed by atoms with E-state index in [0.29, 0.717) is 6.04 Å². The van der Waals surface area contributed by atoms with E-state index in [9.17, 15) is 4.79 Å². The van der Waals surface area contributed by atoms with Crippen LogP contribution in [0.2, 0.25) is 0 Å². The highest BCUT2D eigenvalue weighted by Crippen LogP contribution is 2.44. The quantitative estimate of drug-likeness (QED) is 0.891. The van der Waals surface area contributed by atoms with Crippen molar-refractivity contribution in [1.29, 1.82) is 0 Å². The van der Waals surface area contributed by atoms with Crippen molar-refractivity contribution in [2.45, 2.75) is 31.7 Å². The van der Waals surface area contributed by atoms with Crippen molar-refractivity contribution >= 4 is 33.2 Å². The van der Waals surface area contributed by atoms with Gasteiger partial charge in [-0.25, -0.2) is 0 Å². The summed E-state index contributed by atoms with van der Waals surface area (Å²) in [4.78, 5) is 12.8. The first-order valence-corrected chi connectivity index (χ1v) is 7.39. The smallest absolute Gasteiger partial charge is 0.261 e. The first-order valence-electron chi connectivity index (χ1n) is 5.78. The van der Waals surface area contributed by atoms with E-state index >= 15 is 0 Å². The largest absolute Gasteiger partial charge is 0.348 e. The summed E-state index contributed by atoms with van der Waals surface area (Å²) in [5.41, 5.74) is 0. The second kappa shape index (κ2) is 4.15. The van der Waals surface area contributed by atoms with Gasteiger partial charge in [0.2, 0.25) is 0 Å². The van der Waals surface area contributed by atoms with Gasteiger partial charge in [0.15, 0.2) is 0 Å². The first-order chi connectivity index (χ1) is 7.72. The van der Waals surface area contributed by atoms with Crippen molar-refractivity contribution in [1.82, 2.24) is 5.32 Å². The lowest BCUT2D eigenvalue weighted by Gasteiger charge is -2.22. The highest BCUT2D eigenvalue weighted by atomic mass is 79.9. The summed E-state index contributed by atoms with van der Waals surface area (Å²) in [6, 6.07) is 4.25. The van der Waals surface area contributed by atoms with Crippen LogP contribution in [0.3, 0.4) is 0 Å². The fraction of sp³-hybridized carbons (Fsp3) is 0.583. The van der Waals surface area contributed by atoms with E-state index in [0.717, 1.165) is 20.5 Å². The van der Waals surface area contributed by atoms with Gasteiger partial charge < -0.3 is 5.32 Å². The minimum atomic E-state index is 0.105. The van der Waals surface area contributed by atoms with Gasteiger partial charge in [-0.3, -0.25) is 4.79 Å². The Morgan fingerprint density at radius 2 is 2.25 bits per heavy atom. The summed E-state index contributed by atoms with van der Waals surface area (Å²) >= 11 is 4.89. The number of halogens is 1. The van der Waals surface area contributed by atoms with Crippen molar-refractivity contribution in [2.24, 2.45) is 11.8 Å². The van der Waals surface area contributed by atoms with Gasteiger partial charge in [-0.1, -0.05) is 6.42 Å². The van der Waals surface area contributed by atoms with Crippen LogP contribution in [0.15, 0.2) is 15.9 Å². The van der Waals surface area contributed by atoms with E-state index in [-0.39, 0.29) is 5.91 Å². The van der Waals surface area contributed by atoms with Gasteiger partial charge in [0.25, 0.3) is 5.91 Å². The topological polar surface area (TPSA) is 29.1 Å². The van der Waals surface area contributed by atoms with Crippen LogP contribution in [0.5, 0.6) is 0 Å². The molecule has 2 saturated carbocycles. The van der Waals surface area contributed by atoms with Crippen molar-refractivity contribution in [2.75, 3.05) is 0 Å². The molecule has 3 unspecified atom stereocenters. The maximum Gasteiger partial charge on any atom is 0.261 e. The average Bonchev–Trinajstić information content (AvgIpc) is 2.92. The number of thiophene rings is 1. The lowest BCUT2D eigenvalue weighted by Crippen LogP contribution is -2.38. The zero-order valence-electron chi connectivity index (χ0n) is 8.91. The van der Waals surface area contributed by atoms with Crippen molar-refractivity contribution < 1.29 is 4.79 Å². The van der Waals surface area contributed by atoms with Crippen molar-refractivity contribution in [3.63, 3.8) is 0 Å². The summed E-state index contributed by atoms with van der Waals surface area (Å²) < 4.78 is 1.02. The summed E-state index contributed by atoms with van der Waals surface area (Å²) in [7, 11) is 0. The molecule has 1 amide bonds. The van der Waals surface area contributed by atoms with Crippen LogP contribution in [-0.2, 0) is 0 Å². The van der Waals surface area contributed by atoms with Gasteiger partial charge in [-0.05, 0) is 59.2 Å². The molecule has 1 aromatic rings. The molecule has 2 aliphatic carbocycles. The molecule has 4 heteroatoms. The predicted molar refractivity (Wildman–Crippen MR) is 68.7 cm³/mol. The van der Waals surface area contributed by atoms with E-state index in [1.165, 1.54) is 37.0 Å². The number of hydrogen-bond acceptors (Lipinski definition) is 2. The molecule has 3 atom stereocenters. The monoisotopic (exact) mass is 299 g/mol. The van der Waals surface area contributed by atoms with Crippen molar-refractivity contribution in [3.05, 3.63) is 20.8 Å². The number of carbonyl (C=O) groups excluding carboxylic acids is 1. The number of nitrogens with one attached hydrogen (secondary N) is 1. The second-order valence-electron chi connectivity index (χ2n) is 4.86. The summed E-state index contributed by atoms with van der Waals surface area (Å²) in [5, 5.41) is 3.19. The summed E-state index contributed by atoms with van der Waals surface area (Å²) in [6.07, 6.45) is 5.22. The first kappa shape index (κ1) is 10.8. The maximum absolute atomic E-state index is 12.0. The molecule has 2 aliphatic rings. The van der Waals surface area contributed by atoms with Crippen LogP contribution in [0.4, 0.5) is 0 Å². The van der Waals surface area contributed by atoms with Crippen LogP contribution in [-0.4, -0.2) is 11.9 Å². The Labute approximate surface area is 108 Å². The SMILES string of the molecule is O=C(NC1CC2CCC1C2)c1ccc(Br)s1. The Bertz CT molecular complexity index is 417. The fourth-order valence-electron chi connectivity index (χ4n) is 3.10. The van der Waals surface area contributed by atoms with Crippen LogP contribution in [0.25, 0.3) is 0 Å². The molecule has 0 saturated heterocycles. The lowest BCUT2D eigenvalue weighted by molar-refractivity contribution is 0.0927. The molecule has 2 fully saturated rings. The number of hydrogen-bond donors (Lipinski definition) is 1. The number of amides is 1. The standard InChI is InChI=1S/C12H14BrNOS/c13-11-4-3-10(16-11)12(15)14-9-6-7-1-2-8(9)5-7/h3-4,7-9H,1-2,5-6H2,(H,14,15). The Morgan fingerprint density at radius 3 is 2.81 bits per heavy atom. The third-order valence-electron chi connectivity index (χ3n) is 3.85. The molecule has 1 heterocycles. The molecular formula is C12H14BrNOS. The minimum Gasteiger partial charge on any atom is -0.348 e. The zero-order chi connectivity index (χ0) is 11.1. The van der Waals surface area contributed by atoms with E-state index in [1.807, 2.05) is 12.1 Å². The Kier molecular flexibility index (Phi) is 2.80. The van der Waals surface area contributed by atoms with Crippen LogP contribution < -0.4 is 5.32 Å². The molecule has 1 N–H and O–H groups in total. The third kappa shape index (κ3) is 1.93. The summed E-state index contributed by atoms with van der Waals surface area (Å²) in [5.74, 6) is 1.73. The van der Waals surface area contributed by atoms with Gasteiger partial charge in [-0.2, -0.15) is 0 Å². The lowest BCUT2D eigenvalue weighted by atomic mass is 9.95. The van der Waals surface area contributed by atoms with Gasteiger partial charge in [-0.15, -0.1) is 11.3 Å². The molecule has 0 spiro atoms. The van der Waals surface area contributed by atoms with E-state index in [1.54, 1.807) is 0 Å². The average molecular weight is 300 g/mol. The summed E-state index contributed by atoms with van der Waals surface area (Å²) in [6.45, 7) is 0. The molecule has 0 aromatic carbocycles. The van der Waals surface area contributed by atoms with Gasteiger partial charge in [0, 0.05) is 6.04 Å². The highest BCUT2D eigenvalue weighted by Gasteiger charge is 2.40. The maximum atomic E-state index is 12.0. The van der Waals surface area contributed by atoms with Crippen LogP contribution in [0, 0.1) is 11.8 Å². The molecule has 2 nitrogen and oxygen atoms in total. The molecule has 2 bridgehead atoms. The zero-order valence-corrected chi connectivity index (χ0v) is 11.3. The van der Waals surface area contributed by atoms with E-state index in [4.69, 9.17) is 0 Å². The second-order valence-corrected chi connectivity index (χ2v) is 7.32. The minimum absolute atomic E-state index is 0.105. The number of fused-ring (bicyclic) bond motifs is 2. The van der Waals surface area contributed by atoms with E-state index < -0.39 is 0 Å². The molecule has 0 radical (unpaired) electrons.